The van der Waals surface area contributed by atoms with Gasteiger partial charge in [0, 0.05) is 29.8 Å². The van der Waals surface area contributed by atoms with Crippen molar-refractivity contribution in [2.45, 2.75) is 50.8 Å². The lowest BCUT2D eigenvalue weighted by Crippen LogP contribution is -2.38. The second-order valence-electron chi connectivity index (χ2n) is 10.7. The Kier molecular flexibility index (Phi) is 6.75. The molecule has 2 aliphatic heterocycles. The molecule has 0 unspecified atom stereocenters. The van der Waals surface area contributed by atoms with Crippen LogP contribution >= 0.6 is 0 Å². The zero-order chi connectivity index (χ0) is 29.0. The van der Waals surface area contributed by atoms with Crippen LogP contribution in [0.15, 0.2) is 36.4 Å². The maximum absolute atomic E-state index is 14.0. The van der Waals surface area contributed by atoms with Gasteiger partial charge in [-0.2, -0.15) is 0 Å². The van der Waals surface area contributed by atoms with Gasteiger partial charge in [0.2, 0.25) is 0 Å². The van der Waals surface area contributed by atoms with E-state index in [-0.39, 0.29) is 12.1 Å². The summed E-state index contributed by atoms with van der Waals surface area (Å²) in [5, 5.41) is 9.77. The molecule has 2 fully saturated rings. The van der Waals surface area contributed by atoms with Gasteiger partial charge in [-0.3, -0.25) is 9.69 Å². The average molecular weight is 568 g/mol. The molecule has 2 aromatic carbocycles. The molecule has 0 radical (unpaired) electrons. The summed E-state index contributed by atoms with van der Waals surface area (Å²) in [5.41, 5.74) is 3.48. The first kappa shape index (κ1) is 26.9. The van der Waals surface area contributed by atoms with E-state index >= 15 is 0 Å². The third kappa shape index (κ3) is 4.62. The lowest BCUT2D eigenvalue weighted by molar-refractivity contribution is -0.138. The van der Waals surface area contributed by atoms with Crippen molar-refractivity contribution in [2.75, 3.05) is 25.1 Å². The monoisotopic (exact) mass is 567 g/mol. The molecular weight excluding hydrogens is 539 g/mol. The molecule has 214 valence electrons. The van der Waals surface area contributed by atoms with Crippen LogP contribution in [-0.2, 0) is 22.5 Å². The fraction of sp³-hybridized carbons (Fsp3) is 0.367. The highest BCUT2D eigenvalue weighted by Gasteiger charge is 2.41. The average Bonchev–Trinajstić information content (AvgIpc) is 3.46. The number of methoxy groups -OCH3 is 1. The number of carboxylic acids is 1. The summed E-state index contributed by atoms with van der Waals surface area (Å²) in [7, 11) is 1.54. The van der Waals surface area contributed by atoms with E-state index in [9.17, 15) is 27.9 Å². The number of carboxylic acid groups (broad SMARTS) is 1. The number of rotatable bonds is 7. The zero-order valence-corrected chi connectivity index (χ0v) is 22.5. The van der Waals surface area contributed by atoms with Crippen LogP contribution in [0.3, 0.4) is 0 Å². The van der Waals surface area contributed by atoms with Gasteiger partial charge in [-0.05, 0) is 73.7 Å². The van der Waals surface area contributed by atoms with Gasteiger partial charge in [-0.15, -0.1) is 0 Å². The Labute approximate surface area is 234 Å². The van der Waals surface area contributed by atoms with Crippen LogP contribution in [0.2, 0.25) is 0 Å². The molecule has 0 saturated carbocycles. The van der Waals surface area contributed by atoms with Crippen molar-refractivity contribution < 1.29 is 37.3 Å². The number of cyclic esters (lactones) is 1. The van der Waals surface area contributed by atoms with Crippen LogP contribution in [0.1, 0.15) is 54.2 Å². The standard InChI is InChI=1S/C30H28F3N3O5/c1-15-28(17-10-22(31)27(33)23(32)11-17)41-30(39)36(15)14-24-18(6-7-26(34-24)35-8-3-9-35)21-13-20-16(12-25(21)40-2)4-5-19(20)29(37)38/h6-7,10-13,15,19,28H,3-5,8-9,14H2,1-2H3,(H,37,38)/t15-,19+,28-/m0/s1. The van der Waals surface area contributed by atoms with E-state index < -0.39 is 47.6 Å². The maximum atomic E-state index is 14.0. The minimum atomic E-state index is -1.59. The summed E-state index contributed by atoms with van der Waals surface area (Å²) in [6.07, 6.45) is 0.432. The number of hydrogen-bond acceptors (Lipinski definition) is 6. The highest BCUT2D eigenvalue weighted by atomic mass is 19.2. The molecule has 3 aliphatic rings. The van der Waals surface area contributed by atoms with Crippen LogP contribution in [0.5, 0.6) is 5.75 Å². The molecule has 11 heteroatoms. The van der Waals surface area contributed by atoms with Gasteiger partial charge >= 0.3 is 12.1 Å². The lowest BCUT2D eigenvalue weighted by atomic mass is 9.94. The molecule has 3 aromatic rings. The number of halogens is 3. The quantitative estimate of drug-likeness (QED) is 0.373. The van der Waals surface area contributed by atoms with Gasteiger partial charge in [0.05, 0.1) is 31.3 Å². The van der Waals surface area contributed by atoms with Crippen molar-refractivity contribution in [3.05, 3.63) is 76.2 Å². The van der Waals surface area contributed by atoms with E-state index in [1.165, 1.54) is 4.90 Å². The number of amides is 1. The molecule has 41 heavy (non-hydrogen) atoms. The molecule has 3 atom stereocenters. The smallest absolute Gasteiger partial charge is 0.411 e. The Morgan fingerprint density at radius 1 is 1.12 bits per heavy atom. The fourth-order valence-corrected chi connectivity index (χ4v) is 5.91. The fourth-order valence-electron chi connectivity index (χ4n) is 5.91. The van der Waals surface area contributed by atoms with Gasteiger partial charge in [0.1, 0.15) is 17.7 Å². The predicted octanol–water partition coefficient (Wildman–Crippen LogP) is 5.58. The molecule has 1 N–H and O–H groups in total. The Hall–Kier alpha value is -4.28. The van der Waals surface area contributed by atoms with Crippen LogP contribution in [-0.4, -0.2) is 53.3 Å². The van der Waals surface area contributed by atoms with E-state index in [1.807, 2.05) is 24.3 Å². The maximum Gasteiger partial charge on any atom is 0.411 e. The molecule has 0 spiro atoms. The van der Waals surface area contributed by atoms with E-state index in [1.54, 1.807) is 14.0 Å². The minimum absolute atomic E-state index is 0.00225. The van der Waals surface area contributed by atoms with Crippen molar-refractivity contribution in [3.8, 4) is 16.9 Å². The molecule has 0 bridgehead atoms. The second kappa shape index (κ2) is 10.3. The largest absolute Gasteiger partial charge is 0.496 e. The molecule has 1 aliphatic carbocycles. The third-order valence-corrected chi connectivity index (χ3v) is 8.31. The summed E-state index contributed by atoms with van der Waals surface area (Å²) in [5.74, 6) is -4.54. The number of pyridine rings is 1. The van der Waals surface area contributed by atoms with Gasteiger partial charge in [0.25, 0.3) is 0 Å². The normalized spacial score (nSPS) is 21.5. The van der Waals surface area contributed by atoms with Crippen molar-refractivity contribution in [1.82, 2.24) is 9.88 Å². The van der Waals surface area contributed by atoms with Crippen molar-refractivity contribution in [3.63, 3.8) is 0 Å². The number of benzene rings is 2. The topological polar surface area (TPSA) is 92.2 Å². The van der Waals surface area contributed by atoms with Gasteiger partial charge in [-0.1, -0.05) is 0 Å². The van der Waals surface area contributed by atoms with Crippen LogP contribution < -0.4 is 9.64 Å². The third-order valence-electron chi connectivity index (χ3n) is 8.31. The lowest BCUT2D eigenvalue weighted by Gasteiger charge is -2.33. The first-order valence-electron chi connectivity index (χ1n) is 13.5. The SMILES string of the molecule is COc1cc2c(cc1-c1ccc(N3CCC3)nc1CN1C(=O)O[C@H](c3cc(F)c(F)c(F)c3)[C@@H]1C)[C@H](C(=O)O)CC2. The Morgan fingerprint density at radius 3 is 2.49 bits per heavy atom. The predicted molar refractivity (Wildman–Crippen MR) is 142 cm³/mol. The Bertz CT molecular complexity index is 1540. The summed E-state index contributed by atoms with van der Waals surface area (Å²) in [6, 6.07) is 8.48. The Morgan fingerprint density at radius 2 is 1.85 bits per heavy atom. The van der Waals surface area contributed by atoms with Crippen molar-refractivity contribution in [1.29, 1.82) is 0 Å². The molecule has 8 nitrogen and oxygen atoms in total. The number of carbonyl (C=O) groups excluding carboxylic acids is 1. The van der Waals surface area contributed by atoms with Gasteiger partial charge in [-0.25, -0.2) is 22.9 Å². The number of ether oxygens (including phenoxy) is 2. The molecule has 1 aromatic heterocycles. The van der Waals surface area contributed by atoms with Crippen molar-refractivity contribution in [2.24, 2.45) is 0 Å². The van der Waals surface area contributed by atoms with Gasteiger partial charge in [0.15, 0.2) is 17.5 Å². The Balaban J connectivity index is 1.40. The number of fused-ring (bicyclic) bond motifs is 1. The highest BCUT2D eigenvalue weighted by Crippen LogP contribution is 2.43. The minimum Gasteiger partial charge on any atom is -0.496 e. The van der Waals surface area contributed by atoms with E-state index in [0.29, 0.717) is 35.4 Å². The number of aryl methyl sites for hydroxylation is 1. The molecular formula is C30H28F3N3O5. The molecule has 6 rings (SSSR count). The molecule has 2 saturated heterocycles. The summed E-state index contributed by atoms with van der Waals surface area (Å²) < 4.78 is 52.7. The van der Waals surface area contributed by atoms with E-state index in [0.717, 1.165) is 48.6 Å². The van der Waals surface area contributed by atoms with Crippen LogP contribution in [0.4, 0.5) is 23.8 Å². The molecule has 3 heterocycles. The zero-order valence-electron chi connectivity index (χ0n) is 22.5. The van der Waals surface area contributed by atoms with Gasteiger partial charge < -0.3 is 19.5 Å². The summed E-state index contributed by atoms with van der Waals surface area (Å²) in [6.45, 7) is 3.38. The number of aromatic nitrogens is 1. The number of aliphatic carboxylic acids is 1. The number of carbonyl (C=O) groups is 2. The molecule has 1 amide bonds. The second-order valence-corrected chi connectivity index (χ2v) is 10.7. The van der Waals surface area contributed by atoms with E-state index in [2.05, 4.69) is 4.90 Å². The number of anilines is 1. The van der Waals surface area contributed by atoms with E-state index in [4.69, 9.17) is 14.5 Å². The van der Waals surface area contributed by atoms with Crippen LogP contribution in [0.25, 0.3) is 11.1 Å². The van der Waals surface area contributed by atoms with Crippen LogP contribution in [0, 0.1) is 17.5 Å². The van der Waals surface area contributed by atoms with Crippen molar-refractivity contribution >= 4 is 17.9 Å². The number of nitrogens with zero attached hydrogens (tertiary/aromatic N) is 3. The first-order chi connectivity index (χ1) is 19.7. The summed E-state index contributed by atoms with van der Waals surface area (Å²) >= 11 is 0. The first-order valence-corrected chi connectivity index (χ1v) is 13.5. The highest BCUT2D eigenvalue weighted by molar-refractivity contribution is 5.82. The number of hydrogen-bond donors (Lipinski definition) is 1. The summed E-state index contributed by atoms with van der Waals surface area (Å²) in [4.78, 5) is 33.4.